The number of hydrogen-bond donors (Lipinski definition) is 3. The maximum Gasteiger partial charge on any atom is 0.338 e. The molecule has 0 amide bonds. The highest BCUT2D eigenvalue weighted by molar-refractivity contribution is 5.88. The van der Waals surface area contributed by atoms with Gasteiger partial charge < -0.3 is 15.5 Å². The number of benzene rings is 1. The van der Waals surface area contributed by atoms with Gasteiger partial charge in [-0.05, 0) is 31.0 Å². The Morgan fingerprint density at radius 3 is 2.76 bits per heavy atom. The molecule has 0 spiro atoms. The maximum atomic E-state index is 13.3. The molecular formula is C12H16FNO3. The third-order valence-electron chi connectivity index (χ3n) is 2.48. The van der Waals surface area contributed by atoms with Crippen molar-refractivity contribution in [3.63, 3.8) is 0 Å². The van der Waals surface area contributed by atoms with Gasteiger partial charge >= 0.3 is 5.97 Å². The van der Waals surface area contributed by atoms with Gasteiger partial charge in [-0.1, -0.05) is 6.92 Å². The van der Waals surface area contributed by atoms with E-state index >= 15 is 0 Å². The quantitative estimate of drug-likeness (QED) is 0.713. The molecule has 5 heteroatoms. The zero-order valence-corrected chi connectivity index (χ0v) is 9.61. The lowest BCUT2D eigenvalue weighted by atomic mass is 10.1. The Labute approximate surface area is 99.1 Å². The number of carboxylic acid groups (broad SMARTS) is 1. The maximum absolute atomic E-state index is 13.3. The van der Waals surface area contributed by atoms with E-state index in [1.165, 1.54) is 12.1 Å². The van der Waals surface area contributed by atoms with Gasteiger partial charge in [-0.25, -0.2) is 9.18 Å². The van der Waals surface area contributed by atoms with E-state index in [0.717, 1.165) is 6.07 Å². The fourth-order valence-electron chi connectivity index (χ4n) is 1.39. The van der Waals surface area contributed by atoms with Gasteiger partial charge in [-0.2, -0.15) is 0 Å². The molecule has 1 rings (SSSR count). The predicted octanol–water partition coefficient (Wildman–Crippen LogP) is 2.10. The highest BCUT2D eigenvalue weighted by Gasteiger charge is 2.10. The third kappa shape index (κ3) is 4.03. The first kappa shape index (κ1) is 13.4. The van der Waals surface area contributed by atoms with E-state index in [2.05, 4.69) is 5.32 Å². The van der Waals surface area contributed by atoms with Crippen LogP contribution in [0, 0.1) is 5.82 Å². The first-order chi connectivity index (χ1) is 8.04. The van der Waals surface area contributed by atoms with E-state index < -0.39 is 11.8 Å². The molecule has 1 aromatic carbocycles. The smallest absolute Gasteiger partial charge is 0.338 e. The van der Waals surface area contributed by atoms with E-state index in [1.54, 1.807) is 0 Å². The largest absolute Gasteiger partial charge is 0.478 e. The minimum atomic E-state index is -1.28. The summed E-state index contributed by atoms with van der Waals surface area (Å²) in [6, 6.07) is 3.86. The van der Waals surface area contributed by atoms with Crippen molar-refractivity contribution >= 4 is 11.7 Å². The predicted molar refractivity (Wildman–Crippen MR) is 62.8 cm³/mol. The van der Waals surface area contributed by atoms with E-state index in [1.807, 2.05) is 6.92 Å². The number of hydrogen-bond acceptors (Lipinski definition) is 3. The number of rotatable bonds is 6. The highest BCUT2D eigenvalue weighted by Crippen LogP contribution is 2.14. The number of anilines is 1. The van der Waals surface area contributed by atoms with Crippen LogP contribution in [0.5, 0.6) is 0 Å². The van der Waals surface area contributed by atoms with Crippen LogP contribution in [0.15, 0.2) is 18.2 Å². The van der Waals surface area contributed by atoms with Crippen LogP contribution in [0.2, 0.25) is 0 Å². The normalized spacial score (nSPS) is 12.2. The SMILES string of the molecule is CCC(O)CCNc1ccc(C(=O)O)c(F)c1. The summed E-state index contributed by atoms with van der Waals surface area (Å²) in [7, 11) is 0. The van der Waals surface area contributed by atoms with Crippen LogP contribution in [-0.2, 0) is 0 Å². The topological polar surface area (TPSA) is 69.6 Å². The zero-order valence-electron chi connectivity index (χ0n) is 9.61. The molecule has 0 aliphatic heterocycles. The summed E-state index contributed by atoms with van der Waals surface area (Å²) in [5.74, 6) is -2.05. The molecule has 0 saturated carbocycles. The van der Waals surface area contributed by atoms with Crippen LogP contribution < -0.4 is 5.32 Å². The van der Waals surface area contributed by atoms with Crippen molar-refractivity contribution in [1.82, 2.24) is 0 Å². The molecule has 1 unspecified atom stereocenters. The average molecular weight is 241 g/mol. The molecule has 4 nitrogen and oxygen atoms in total. The molecule has 0 bridgehead atoms. The second-order valence-corrected chi connectivity index (χ2v) is 3.78. The number of carbonyl (C=O) groups is 1. The van der Waals surface area contributed by atoms with Gasteiger partial charge in [0.2, 0.25) is 0 Å². The van der Waals surface area contributed by atoms with Crippen LogP contribution in [0.25, 0.3) is 0 Å². The van der Waals surface area contributed by atoms with E-state index in [-0.39, 0.29) is 11.7 Å². The van der Waals surface area contributed by atoms with Gasteiger partial charge in [0.15, 0.2) is 0 Å². The molecule has 0 saturated heterocycles. The lowest BCUT2D eigenvalue weighted by molar-refractivity contribution is 0.0692. The Morgan fingerprint density at radius 1 is 1.53 bits per heavy atom. The molecule has 1 aromatic rings. The summed E-state index contributed by atoms with van der Waals surface area (Å²) >= 11 is 0. The van der Waals surface area contributed by atoms with Gasteiger partial charge in [0, 0.05) is 12.2 Å². The van der Waals surface area contributed by atoms with Crippen molar-refractivity contribution in [3.05, 3.63) is 29.6 Å². The molecule has 1 atom stereocenters. The van der Waals surface area contributed by atoms with Crippen molar-refractivity contribution in [2.45, 2.75) is 25.9 Å². The fourth-order valence-corrected chi connectivity index (χ4v) is 1.39. The molecule has 0 fully saturated rings. The van der Waals surface area contributed by atoms with Crippen molar-refractivity contribution in [2.24, 2.45) is 0 Å². The van der Waals surface area contributed by atoms with Crippen molar-refractivity contribution in [3.8, 4) is 0 Å². The van der Waals surface area contributed by atoms with Crippen LogP contribution >= 0.6 is 0 Å². The van der Waals surface area contributed by atoms with E-state index in [9.17, 15) is 14.3 Å². The Kier molecular flexibility index (Phi) is 4.90. The van der Waals surface area contributed by atoms with E-state index in [4.69, 9.17) is 5.11 Å². The summed E-state index contributed by atoms with van der Waals surface area (Å²) < 4.78 is 13.3. The summed E-state index contributed by atoms with van der Waals surface area (Å²) in [4.78, 5) is 10.6. The number of aliphatic hydroxyl groups excluding tert-OH is 1. The fraction of sp³-hybridized carbons (Fsp3) is 0.417. The standard InChI is InChI=1S/C12H16FNO3/c1-2-9(15)5-6-14-8-3-4-10(12(16)17)11(13)7-8/h3-4,7,9,14-15H,2,5-6H2,1H3,(H,16,17). The first-order valence-electron chi connectivity index (χ1n) is 5.49. The Balaban J connectivity index is 2.56. The van der Waals surface area contributed by atoms with Crippen LogP contribution in [0.4, 0.5) is 10.1 Å². The van der Waals surface area contributed by atoms with Crippen LogP contribution in [0.3, 0.4) is 0 Å². The Bertz CT molecular complexity index is 395. The number of nitrogens with one attached hydrogen (secondary N) is 1. The van der Waals surface area contributed by atoms with Gasteiger partial charge in [0.1, 0.15) is 5.82 Å². The average Bonchev–Trinajstić information content (AvgIpc) is 2.28. The second-order valence-electron chi connectivity index (χ2n) is 3.78. The molecule has 0 heterocycles. The minimum Gasteiger partial charge on any atom is -0.478 e. The minimum absolute atomic E-state index is 0.343. The second kappa shape index (κ2) is 6.20. The third-order valence-corrected chi connectivity index (χ3v) is 2.48. The molecule has 94 valence electrons. The molecule has 3 N–H and O–H groups in total. The zero-order chi connectivity index (χ0) is 12.8. The number of aromatic carboxylic acids is 1. The summed E-state index contributed by atoms with van der Waals surface area (Å²) in [5.41, 5.74) is 0.167. The monoisotopic (exact) mass is 241 g/mol. The Hall–Kier alpha value is -1.62. The van der Waals surface area contributed by atoms with Gasteiger partial charge in [-0.15, -0.1) is 0 Å². The first-order valence-corrected chi connectivity index (χ1v) is 5.49. The van der Waals surface area contributed by atoms with Gasteiger partial charge in [-0.3, -0.25) is 0 Å². The van der Waals surface area contributed by atoms with Crippen molar-refractivity contribution in [2.75, 3.05) is 11.9 Å². The van der Waals surface area contributed by atoms with Crippen LogP contribution in [-0.4, -0.2) is 28.8 Å². The molecule has 0 radical (unpaired) electrons. The number of aliphatic hydroxyl groups is 1. The number of carboxylic acids is 1. The van der Waals surface area contributed by atoms with E-state index in [0.29, 0.717) is 25.1 Å². The molecule has 0 aromatic heterocycles. The van der Waals surface area contributed by atoms with Gasteiger partial charge in [0.05, 0.1) is 11.7 Å². The lowest BCUT2D eigenvalue weighted by Gasteiger charge is -2.10. The summed E-state index contributed by atoms with van der Waals surface area (Å²) in [6.45, 7) is 2.40. The number of halogens is 1. The van der Waals surface area contributed by atoms with Crippen molar-refractivity contribution < 1.29 is 19.4 Å². The molecule has 0 aliphatic rings. The molecular weight excluding hydrogens is 225 g/mol. The summed E-state index contributed by atoms with van der Waals surface area (Å²) in [6.07, 6.45) is 0.873. The lowest BCUT2D eigenvalue weighted by Crippen LogP contribution is -2.12. The van der Waals surface area contributed by atoms with Gasteiger partial charge in [0.25, 0.3) is 0 Å². The summed E-state index contributed by atoms with van der Waals surface area (Å²) in [5, 5.41) is 20.9. The van der Waals surface area contributed by atoms with Crippen molar-refractivity contribution in [1.29, 1.82) is 0 Å². The highest BCUT2D eigenvalue weighted by atomic mass is 19.1. The molecule has 17 heavy (non-hydrogen) atoms. The Morgan fingerprint density at radius 2 is 2.24 bits per heavy atom. The van der Waals surface area contributed by atoms with Crippen LogP contribution in [0.1, 0.15) is 30.1 Å². The molecule has 0 aliphatic carbocycles.